The number of amides is 1. The van der Waals surface area contributed by atoms with Crippen molar-refractivity contribution in [2.24, 2.45) is 5.73 Å². The van der Waals surface area contributed by atoms with Crippen molar-refractivity contribution in [1.29, 1.82) is 0 Å². The maximum atomic E-state index is 12.9. The third kappa shape index (κ3) is 4.64. The number of nitrogens with zero attached hydrogens (tertiary/aromatic N) is 2. The average Bonchev–Trinajstić information content (AvgIpc) is 2.61. The Hall–Kier alpha value is -1.43. The van der Waals surface area contributed by atoms with E-state index in [0.29, 0.717) is 0 Å². The first-order valence-electron chi connectivity index (χ1n) is 9.97. The second-order valence-corrected chi connectivity index (χ2v) is 8.07. The van der Waals surface area contributed by atoms with Gasteiger partial charge in [0.05, 0.1) is 12.2 Å². The maximum absolute atomic E-state index is 12.9. The Morgan fingerprint density at radius 2 is 1.85 bits per heavy atom. The van der Waals surface area contributed by atoms with E-state index in [1.54, 1.807) is 0 Å². The van der Waals surface area contributed by atoms with Crippen molar-refractivity contribution in [3.05, 3.63) is 35.4 Å². The predicted molar refractivity (Wildman–Crippen MR) is 104 cm³/mol. The summed E-state index contributed by atoms with van der Waals surface area (Å²) in [4.78, 5) is 17.3. The number of piperidine rings is 1. The third-order valence-electron chi connectivity index (χ3n) is 5.52. The van der Waals surface area contributed by atoms with Crippen LogP contribution in [-0.2, 0) is 11.3 Å². The van der Waals surface area contributed by atoms with Gasteiger partial charge in [0.1, 0.15) is 0 Å². The first-order valence-corrected chi connectivity index (χ1v) is 9.97. The van der Waals surface area contributed by atoms with Gasteiger partial charge < -0.3 is 15.4 Å². The molecule has 2 aliphatic rings. The number of carbonyl (C=O) groups excluding carboxylic acids is 1. The Kier molecular flexibility index (Phi) is 6.33. The topological polar surface area (TPSA) is 58.8 Å². The summed E-state index contributed by atoms with van der Waals surface area (Å²) in [6, 6.07) is 8.29. The van der Waals surface area contributed by atoms with Crippen LogP contribution in [0.2, 0.25) is 0 Å². The van der Waals surface area contributed by atoms with Crippen molar-refractivity contribution in [2.45, 2.75) is 70.9 Å². The maximum Gasteiger partial charge on any atom is 0.254 e. The van der Waals surface area contributed by atoms with E-state index in [9.17, 15) is 4.79 Å². The standard InChI is InChI=1S/C21H33N3O2/c1-15-12-23(13-16(2)26-15)14-18-7-9-19(10-8-18)21(25)24-11-5-4-6-20(24)17(3)22/h7-10,15-17,20H,4-6,11-14,22H2,1-3H3. The van der Waals surface area contributed by atoms with Crippen molar-refractivity contribution in [2.75, 3.05) is 19.6 Å². The highest BCUT2D eigenvalue weighted by Gasteiger charge is 2.29. The molecule has 0 aliphatic carbocycles. The fraction of sp³-hybridized carbons (Fsp3) is 0.667. The molecule has 26 heavy (non-hydrogen) atoms. The Balaban J connectivity index is 1.64. The van der Waals surface area contributed by atoms with Crippen molar-refractivity contribution in [3.63, 3.8) is 0 Å². The van der Waals surface area contributed by atoms with Gasteiger partial charge in [-0.15, -0.1) is 0 Å². The minimum Gasteiger partial charge on any atom is -0.373 e. The number of likely N-dealkylation sites (tertiary alicyclic amines) is 1. The average molecular weight is 360 g/mol. The molecule has 2 N–H and O–H groups in total. The molecule has 3 rings (SSSR count). The molecule has 0 saturated carbocycles. The zero-order valence-corrected chi connectivity index (χ0v) is 16.4. The normalized spacial score (nSPS) is 28.8. The van der Waals surface area contributed by atoms with E-state index >= 15 is 0 Å². The molecule has 0 radical (unpaired) electrons. The lowest BCUT2D eigenvalue weighted by Crippen LogP contribution is -2.51. The Bertz CT molecular complexity index is 592. The molecule has 0 aromatic heterocycles. The lowest BCUT2D eigenvalue weighted by molar-refractivity contribution is -0.0704. The van der Waals surface area contributed by atoms with Gasteiger partial charge in [-0.25, -0.2) is 0 Å². The summed E-state index contributed by atoms with van der Waals surface area (Å²) in [5.74, 6) is 0.118. The zero-order chi connectivity index (χ0) is 18.7. The molecule has 1 amide bonds. The molecule has 0 bridgehead atoms. The van der Waals surface area contributed by atoms with Crippen LogP contribution in [0, 0.1) is 0 Å². The fourth-order valence-corrected chi connectivity index (χ4v) is 4.35. The van der Waals surface area contributed by atoms with Crippen LogP contribution < -0.4 is 5.73 Å². The number of hydrogen-bond donors (Lipinski definition) is 1. The molecule has 4 atom stereocenters. The van der Waals surface area contributed by atoms with Crippen LogP contribution in [-0.4, -0.2) is 59.6 Å². The molecule has 4 unspecified atom stereocenters. The molecular formula is C21H33N3O2. The van der Waals surface area contributed by atoms with E-state index in [0.717, 1.165) is 51.0 Å². The molecule has 2 saturated heterocycles. The summed E-state index contributed by atoms with van der Waals surface area (Å²) in [6.07, 6.45) is 3.78. The van der Waals surface area contributed by atoms with Gasteiger partial charge in [-0.2, -0.15) is 0 Å². The van der Waals surface area contributed by atoms with Crippen LogP contribution >= 0.6 is 0 Å². The van der Waals surface area contributed by atoms with Gasteiger partial charge in [0.2, 0.25) is 0 Å². The van der Waals surface area contributed by atoms with Crippen LogP contribution in [0.3, 0.4) is 0 Å². The van der Waals surface area contributed by atoms with E-state index in [1.807, 2.05) is 24.0 Å². The van der Waals surface area contributed by atoms with Gasteiger partial charge in [-0.1, -0.05) is 12.1 Å². The number of carbonyl (C=O) groups is 1. The Labute approximate surface area is 157 Å². The summed E-state index contributed by atoms with van der Waals surface area (Å²) >= 11 is 0. The van der Waals surface area contributed by atoms with Gasteiger partial charge in [0.25, 0.3) is 5.91 Å². The molecule has 1 aromatic carbocycles. The zero-order valence-electron chi connectivity index (χ0n) is 16.4. The van der Waals surface area contributed by atoms with Crippen molar-refractivity contribution >= 4 is 5.91 Å². The SMILES string of the molecule is CC1CN(Cc2ccc(C(=O)N3CCCCC3C(C)N)cc2)CC(C)O1. The second kappa shape index (κ2) is 8.51. The molecule has 2 fully saturated rings. The fourth-order valence-electron chi connectivity index (χ4n) is 4.35. The van der Waals surface area contributed by atoms with Gasteiger partial charge in [0, 0.05) is 43.8 Å². The minimum atomic E-state index is 0.0174. The van der Waals surface area contributed by atoms with Crippen molar-refractivity contribution in [1.82, 2.24) is 9.80 Å². The van der Waals surface area contributed by atoms with E-state index in [2.05, 4.69) is 30.9 Å². The molecule has 144 valence electrons. The Morgan fingerprint density at radius 3 is 2.46 bits per heavy atom. The van der Waals surface area contributed by atoms with Crippen LogP contribution in [0.5, 0.6) is 0 Å². The first-order chi connectivity index (χ1) is 12.4. The molecular weight excluding hydrogens is 326 g/mol. The lowest BCUT2D eigenvalue weighted by Gasteiger charge is -2.38. The number of morpholine rings is 1. The van der Waals surface area contributed by atoms with Crippen molar-refractivity contribution in [3.8, 4) is 0 Å². The monoisotopic (exact) mass is 359 g/mol. The van der Waals surface area contributed by atoms with Gasteiger partial charge in [0.15, 0.2) is 0 Å². The van der Waals surface area contributed by atoms with E-state index in [-0.39, 0.29) is 30.2 Å². The highest BCUT2D eigenvalue weighted by Crippen LogP contribution is 2.22. The number of ether oxygens (including phenoxy) is 1. The van der Waals surface area contributed by atoms with Crippen LogP contribution in [0.4, 0.5) is 0 Å². The lowest BCUT2D eigenvalue weighted by atomic mass is 9.96. The summed E-state index contributed by atoms with van der Waals surface area (Å²) in [5, 5.41) is 0. The molecule has 5 nitrogen and oxygen atoms in total. The smallest absolute Gasteiger partial charge is 0.254 e. The van der Waals surface area contributed by atoms with E-state index in [4.69, 9.17) is 10.5 Å². The van der Waals surface area contributed by atoms with Gasteiger partial charge in [-0.05, 0) is 57.7 Å². The third-order valence-corrected chi connectivity index (χ3v) is 5.52. The van der Waals surface area contributed by atoms with Crippen molar-refractivity contribution < 1.29 is 9.53 Å². The molecule has 1 aromatic rings. The first kappa shape index (κ1) is 19.3. The quantitative estimate of drug-likeness (QED) is 0.898. The summed E-state index contributed by atoms with van der Waals surface area (Å²) in [6.45, 7) is 9.87. The summed E-state index contributed by atoms with van der Waals surface area (Å²) in [5.41, 5.74) is 8.12. The summed E-state index contributed by atoms with van der Waals surface area (Å²) < 4.78 is 5.80. The summed E-state index contributed by atoms with van der Waals surface area (Å²) in [7, 11) is 0. The molecule has 0 spiro atoms. The van der Waals surface area contributed by atoms with Crippen LogP contribution in [0.15, 0.2) is 24.3 Å². The highest BCUT2D eigenvalue weighted by atomic mass is 16.5. The largest absolute Gasteiger partial charge is 0.373 e. The van der Waals surface area contributed by atoms with Gasteiger partial charge >= 0.3 is 0 Å². The number of nitrogens with two attached hydrogens (primary N) is 1. The molecule has 5 heteroatoms. The minimum absolute atomic E-state index is 0.0174. The van der Waals surface area contributed by atoms with Gasteiger partial charge in [-0.3, -0.25) is 9.69 Å². The van der Waals surface area contributed by atoms with Crippen LogP contribution in [0.25, 0.3) is 0 Å². The molecule has 2 heterocycles. The predicted octanol–water partition coefficient (Wildman–Crippen LogP) is 2.64. The second-order valence-electron chi connectivity index (χ2n) is 8.07. The van der Waals surface area contributed by atoms with E-state index in [1.165, 1.54) is 5.56 Å². The van der Waals surface area contributed by atoms with E-state index < -0.39 is 0 Å². The highest BCUT2D eigenvalue weighted by molar-refractivity contribution is 5.94. The number of benzene rings is 1. The number of rotatable bonds is 4. The van der Waals surface area contributed by atoms with Crippen LogP contribution in [0.1, 0.15) is 56.0 Å². The number of hydrogen-bond acceptors (Lipinski definition) is 4. The molecule has 2 aliphatic heterocycles. The Morgan fingerprint density at radius 1 is 1.19 bits per heavy atom.